The maximum Gasteiger partial charge on any atom is 0.236 e. The molecular weight excluding hydrogens is 178 g/mol. The molecule has 0 radical (unpaired) electrons. The summed E-state index contributed by atoms with van der Waals surface area (Å²) in [5.41, 5.74) is 0. The predicted octanol–water partition coefficient (Wildman–Crippen LogP) is -0.774. The Morgan fingerprint density at radius 3 is 2.43 bits per heavy atom. The van der Waals surface area contributed by atoms with E-state index in [-0.39, 0.29) is 5.91 Å². The second kappa shape index (κ2) is 3.87. The number of rotatable bonds is 2. The van der Waals surface area contributed by atoms with E-state index in [0.717, 1.165) is 26.2 Å². The zero-order chi connectivity index (χ0) is 10.1. The third kappa shape index (κ3) is 1.91. The molecule has 1 amide bonds. The van der Waals surface area contributed by atoms with Gasteiger partial charge in [-0.25, -0.2) is 0 Å². The summed E-state index contributed by atoms with van der Waals surface area (Å²) in [6, 6.07) is 0. The summed E-state index contributed by atoms with van der Waals surface area (Å²) in [7, 11) is 3.88. The average Bonchev–Trinajstić information content (AvgIpc) is 2.58. The van der Waals surface area contributed by atoms with Gasteiger partial charge >= 0.3 is 0 Å². The topological polar surface area (TPSA) is 35.6 Å². The standard InChI is InChI=1S/C10H19N3O/c1-12(2)7-10(14)13-5-8-3-11-4-9(8)6-13/h8-9,11H,3-7H2,1-2H3. The van der Waals surface area contributed by atoms with Crippen molar-refractivity contribution in [1.29, 1.82) is 0 Å². The van der Waals surface area contributed by atoms with Gasteiger partial charge in [0, 0.05) is 26.2 Å². The quantitative estimate of drug-likeness (QED) is 0.631. The molecule has 2 saturated heterocycles. The molecule has 1 N–H and O–H groups in total. The fourth-order valence-corrected chi connectivity index (χ4v) is 2.43. The fourth-order valence-electron chi connectivity index (χ4n) is 2.43. The van der Waals surface area contributed by atoms with Gasteiger partial charge in [-0.1, -0.05) is 0 Å². The first-order chi connectivity index (χ1) is 6.66. The van der Waals surface area contributed by atoms with Gasteiger partial charge in [-0.2, -0.15) is 0 Å². The molecule has 0 aromatic heterocycles. The molecule has 2 heterocycles. The van der Waals surface area contributed by atoms with E-state index >= 15 is 0 Å². The van der Waals surface area contributed by atoms with Gasteiger partial charge < -0.3 is 15.1 Å². The maximum atomic E-state index is 11.8. The van der Waals surface area contributed by atoms with Crippen LogP contribution < -0.4 is 5.32 Å². The Morgan fingerprint density at radius 2 is 1.93 bits per heavy atom. The minimum Gasteiger partial charge on any atom is -0.341 e. The van der Waals surface area contributed by atoms with E-state index in [0.29, 0.717) is 18.4 Å². The van der Waals surface area contributed by atoms with Crippen molar-refractivity contribution in [3.63, 3.8) is 0 Å². The first kappa shape index (κ1) is 9.93. The first-order valence-electron chi connectivity index (χ1n) is 5.30. The van der Waals surface area contributed by atoms with E-state index in [1.165, 1.54) is 0 Å². The van der Waals surface area contributed by atoms with Gasteiger partial charge in [0.25, 0.3) is 0 Å². The molecule has 2 unspecified atom stereocenters. The molecule has 14 heavy (non-hydrogen) atoms. The van der Waals surface area contributed by atoms with Gasteiger partial charge in [-0.15, -0.1) is 0 Å². The van der Waals surface area contributed by atoms with Crippen LogP contribution in [0.4, 0.5) is 0 Å². The molecule has 0 aliphatic carbocycles. The SMILES string of the molecule is CN(C)CC(=O)N1CC2CNCC2C1. The molecule has 2 rings (SSSR count). The Balaban J connectivity index is 1.86. The normalized spacial score (nSPS) is 31.2. The van der Waals surface area contributed by atoms with Crippen LogP contribution in [0.2, 0.25) is 0 Å². The van der Waals surface area contributed by atoms with Crippen molar-refractivity contribution in [2.75, 3.05) is 46.8 Å². The van der Waals surface area contributed by atoms with Gasteiger partial charge in [0.05, 0.1) is 6.54 Å². The van der Waals surface area contributed by atoms with Crippen LogP contribution in [0.25, 0.3) is 0 Å². The molecule has 0 bridgehead atoms. The van der Waals surface area contributed by atoms with Gasteiger partial charge in [0.2, 0.25) is 5.91 Å². The van der Waals surface area contributed by atoms with E-state index in [4.69, 9.17) is 0 Å². The minimum absolute atomic E-state index is 0.282. The highest BCUT2D eigenvalue weighted by molar-refractivity contribution is 5.78. The van der Waals surface area contributed by atoms with Crippen LogP contribution in [-0.4, -0.2) is 62.5 Å². The van der Waals surface area contributed by atoms with Crippen molar-refractivity contribution in [1.82, 2.24) is 15.1 Å². The largest absolute Gasteiger partial charge is 0.341 e. The van der Waals surface area contributed by atoms with E-state index in [1.54, 1.807) is 0 Å². The molecule has 0 spiro atoms. The monoisotopic (exact) mass is 197 g/mol. The molecule has 2 atom stereocenters. The van der Waals surface area contributed by atoms with Crippen LogP contribution in [0.5, 0.6) is 0 Å². The van der Waals surface area contributed by atoms with Crippen LogP contribution in [0, 0.1) is 11.8 Å². The highest BCUT2D eigenvalue weighted by atomic mass is 16.2. The van der Waals surface area contributed by atoms with E-state index in [1.807, 2.05) is 23.9 Å². The van der Waals surface area contributed by atoms with Crippen molar-refractivity contribution < 1.29 is 4.79 Å². The summed E-state index contributed by atoms with van der Waals surface area (Å²) >= 11 is 0. The highest BCUT2D eigenvalue weighted by Gasteiger charge is 2.37. The second-order valence-corrected chi connectivity index (χ2v) is 4.71. The third-order valence-electron chi connectivity index (χ3n) is 3.19. The molecule has 0 aromatic carbocycles. The van der Waals surface area contributed by atoms with Crippen LogP contribution in [0.15, 0.2) is 0 Å². The predicted molar refractivity (Wildman–Crippen MR) is 55.0 cm³/mol. The Morgan fingerprint density at radius 1 is 1.36 bits per heavy atom. The van der Waals surface area contributed by atoms with Crippen molar-refractivity contribution in [3.8, 4) is 0 Å². The summed E-state index contributed by atoms with van der Waals surface area (Å²) in [5, 5.41) is 3.38. The summed E-state index contributed by atoms with van der Waals surface area (Å²) < 4.78 is 0. The molecule has 80 valence electrons. The molecular formula is C10H19N3O. The summed E-state index contributed by atoms with van der Waals surface area (Å²) in [6.07, 6.45) is 0. The Hall–Kier alpha value is -0.610. The molecule has 4 heteroatoms. The van der Waals surface area contributed by atoms with Crippen LogP contribution in [0.1, 0.15) is 0 Å². The number of carbonyl (C=O) groups excluding carboxylic acids is 1. The van der Waals surface area contributed by atoms with Crippen molar-refractivity contribution >= 4 is 5.91 Å². The second-order valence-electron chi connectivity index (χ2n) is 4.71. The number of likely N-dealkylation sites (tertiary alicyclic amines) is 1. The van der Waals surface area contributed by atoms with Crippen molar-refractivity contribution in [3.05, 3.63) is 0 Å². The number of fused-ring (bicyclic) bond motifs is 1. The third-order valence-corrected chi connectivity index (χ3v) is 3.19. The Bertz CT molecular complexity index is 217. The summed E-state index contributed by atoms with van der Waals surface area (Å²) in [4.78, 5) is 15.7. The van der Waals surface area contributed by atoms with E-state index < -0.39 is 0 Å². The highest BCUT2D eigenvalue weighted by Crippen LogP contribution is 2.26. The van der Waals surface area contributed by atoms with Gasteiger partial charge in [0.15, 0.2) is 0 Å². The van der Waals surface area contributed by atoms with Gasteiger partial charge in [-0.3, -0.25) is 4.79 Å². The molecule has 4 nitrogen and oxygen atoms in total. The molecule has 0 saturated carbocycles. The number of nitrogens with zero attached hydrogens (tertiary/aromatic N) is 2. The Kier molecular flexibility index (Phi) is 2.74. The first-order valence-corrected chi connectivity index (χ1v) is 5.30. The lowest BCUT2D eigenvalue weighted by molar-refractivity contribution is -0.131. The zero-order valence-electron chi connectivity index (χ0n) is 8.99. The number of hydrogen-bond donors (Lipinski definition) is 1. The maximum absolute atomic E-state index is 11.8. The zero-order valence-corrected chi connectivity index (χ0v) is 8.99. The number of nitrogens with one attached hydrogen (secondary N) is 1. The van der Waals surface area contributed by atoms with E-state index in [2.05, 4.69) is 5.32 Å². The van der Waals surface area contributed by atoms with Crippen molar-refractivity contribution in [2.45, 2.75) is 0 Å². The fraction of sp³-hybridized carbons (Fsp3) is 0.900. The Labute approximate surface area is 85.2 Å². The summed E-state index contributed by atoms with van der Waals surface area (Å²) in [5.74, 6) is 1.70. The lowest BCUT2D eigenvalue weighted by Crippen LogP contribution is -2.37. The number of carbonyl (C=O) groups is 1. The minimum atomic E-state index is 0.282. The van der Waals surface area contributed by atoms with Crippen LogP contribution >= 0.6 is 0 Å². The van der Waals surface area contributed by atoms with Gasteiger partial charge in [-0.05, 0) is 25.9 Å². The van der Waals surface area contributed by atoms with Crippen molar-refractivity contribution in [2.24, 2.45) is 11.8 Å². The summed E-state index contributed by atoms with van der Waals surface area (Å²) in [6.45, 7) is 4.66. The van der Waals surface area contributed by atoms with E-state index in [9.17, 15) is 4.79 Å². The van der Waals surface area contributed by atoms with Crippen LogP contribution in [0.3, 0.4) is 0 Å². The smallest absolute Gasteiger partial charge is 0.236 e. The molecule has 0 aromatic rings. The van der Waals surface area contributed by atoms with Crippen LogP contribution in [-0.2, 0) is 4.79 Å². The average molecular weight is 197 g/mol. The number of amides is 1. The number of hydrogen-bond acceptors (Lipinski definition) is 3. The van der Waals surface area contributed by atoms with Gasteiger partial charge in [0.1, 0.15) is 0 Å². The lowest BCUT2D eigenvalue weighted by atomic mass is 10.0. The molecule has 2 fully saturated rings. The lowest BCUT2D eigenvalue weighted by Gasteiger charge is -2.19. The molecule has 2 aliphatic rings. The number of likely N-dealkylation sites (N-methyl/N-ethyl adjacent to an activating group) is 1. The molecule has 2 aliphatic heterocycles.